The number of allylic oxidation sites excluding steroid dienone is 6. The van der Waals surface area contributed by atoms with Crippen molar-refractivity contribution in [3.8, 4) is 0 Å². The zero-order chi connectivity index (χ0) is 47.9. The molecule has 0 aromatic carbocycles. The van der Waals surface area contributed by atoms with Gasteiger partial charge in [-0.25, -0.2) is 0 Å². The third-order valence-electron chi connectivity index (χ3n) is 13.0. The molecular weight excluding hydrogens is 817 g/mol. The Morgan fingerprint density at radius 3 is 0.833 bits per heavy atom. The van der Waals surface area contributed by atoms with Crippen LogP contribution < -0.4 is 0 Å². The van der Waals surface area contributed by atoms with Crippen LogP contribution in [0.15, 0.2) is 36.5 Å². The van der Waals surface area contributed by atoms with Gasteiger partial charge in [0.05, 0.1) is 0 Å². The molecule has 0 aliphatic carbocycles. The lowest BCUT2D eigenvalue weighted by Gasteiger charge is -2.18. The molecule has 0 rings (SSSR count). The second-order valence-corrected chi connectivity index (χ2v) is 19.6. The summed E-state index contributed by atoms with van der Waals surface area (Å²) < 4.78 is 16.8. The summed E-state index contributed by atoms with van der Waals surface area (Å²) in [5.41, 5.74) is 0. The first-order valence-electron chi connectivity index (χ1n) is 29.0. The molecule has 1 unspecified atom stereocenters. The SMILES string of the molecule is CCCCCCC\C=C/C=C\C=C/CCCCCCCC(=O)OC(COC(=O)CCCCCCCCCCCCC)COC(=O)CCCCCCCCCCCCCCCCCCCCC. The third kappa shape index (κ3) is 52.6. The quantitative estimate of drug-likeness (QED) is 0.0262. The molecule has 0 radical (unpaired) electrons. The molecule has 1 atom stereocenters. The molecule has 0 aromatic rings. The number of ether oxygens (including phenoxy) is 3. The minimum Gasteiger partial charge on any atom is -0.462 e. The number of hydrogen-bond donors (Lipinski definition) is 0. The highest BCUT2D eigenvalue weighted by atomic mass is 16.6. The van der Waals surface area contributed by atoms with Gasteiger partial charge in [0.1, 0.15) is 13.2 Å². The van der Waals surface area contributed by atoms with E-state index in [-0.39, 0.29) is 31.1 Å². The summed E-state index contributed by atoms with van der Waals surface area (Å²) in [4.78, 5) is 38.1. The average molecular weight is 928 g/mol. The lowest BCUT2D eigenvalue weighted by molar-refractivity contribution is -0.167. The minimum absolute atomic E-state index is 0.0759. The Kier molecular flexibility index (Phi) is 53.2. The number of hydrogen-bond acceptors (Lipinski definition) is 6. The third-order valence-corrected chi connectivity index (χ3v) is 13.0. The maximum absolute atomic E-state index is 12.8. The van der Waals surface area contributed by atoms with Crippen molar-refractivity contribution in [2.24, 2.45) is 0 Å². The molecule has 0 heterocycles. The van der Waals surface area contributed by atoms with Crippen LogP contribution in [0.1, 0.15) is 310 Å². The predicted octanol–water partition coefficient (Wildman–Crippen LogP) is 19.3. The van der Waals surface area contributed by atoms with Crippen LogP contribution in [-0.2, 0) is 28.6 Å². The van der Waals surface area contributed by atoms with E-state index in [1.54, 1.807) is 0 Å². The van der Waals surface area contributed by atoms with Crippen molar-refractivity contribution in [3.05, 3.63) is 36.5 Å². The molecule has 0 amide bonds. The normalized spacial score (nSPS) is 12.2. The molecule has 6 nitrogen and oxygen atoms in total. The van der Waals surface area contributed by atoms with Gasteiger partial charge in [0.15, 0.2) is 6.10 Å². The number of unbranched alkanes of at least 4 members (excludes halogenated alkanes) is 38. The molecular formula is C60H110O6. The van der Waals surface area contributed by atoms with E-state index in [9.17, 15) is 14.4 Å². The molecule has 0 aliphatic heterocycles. The van der Waals surface area contributed by atoms with Crippen molar-refractivity contribution in [2.45, 2.75) is 316 Å². The first-order chi connectivity index (χ1) is 32.5. The summed E-state index contributed by atoms with van der Waals surface area (Å²) in [5, 5.41) is 0. The molecule has 0 aliphatic rings. The fourth-order valence-electron chi connectivity index (χ4n) is 8.56. The van der Waals surface area contributed by atoms with Gasteiger partial charge in [0.2, 0.25) is 0 Å². The molecule has 0 fully saturated rings. The van der Waals surface area contributed by atoms with Crippen LogP contribution >= 0.6 is 0 Å². The first-order valence-corrected chi connectivity index (χ1v) is 29.0. The van der Waals surface area contributed by atoms with Gasteiger partial charge in [0, 0.05) is 19.3 Å². The number of rotatable bonds is 53. The molecule has 0 spiro atoms. The second kappa shape index (κ2) is 55.2. The van der Waals surface area contributed by atoms with Crippen molar-refractivity contribution < 1.29 is 28.6 Å². The Hall–Kier alpha value is -2.37. The Morgan fingerprint density at radius 2 is 0.545 bits per heavy atom. The second-order valence-electron chi connectivity index (χ2n) is 19.6. The van der Waals surface area contributed by atoms with E-state index in [1.807, 2.05) is 0 Å². The molecule has 66 heavy (non-hydrogen) atoms. The van der Waals surface area contributed by atoms with Crippen molar-refractivity contribution in [1.82, 2.24) is 0 Å². The van der Waals surface area contributed by atoms with E-state index in [1.165, 1.54) is 193 Å². The lowest BCUT2D eigenvalue weighted by Crippen LogP contribution is -2.30. The summed E-state index contributed by atoms with van der Waals surface area (Å²) in [7, 11) is 0. The maximum Gasteiger partial charge on any atom is 0.306 e. The van der Waals surface area contributed by atoms with Crippen LogP contribution in [0.3, 0.4) is 0 Å². The van der Waals surface area contributed by atoms with Gasteiger partial charge in [-0.1, -0.05) is 282 Å². The lowest BCUT2D eigenvalue weighted by atomic mass is 10.0. The van der Waals surface area contributed by atoms with Gasteiger partial charge in [-0.15, -0.1) is 0 Å². The van der Waals surface area contributed by atoms with E-state index in [2.05, 4.69) is 57.2 Å². The minimum atomic E-state index is -0.778. The first kappa shape index (κ1) is 63.6. The van der Waals surface area contributed by atoms with Crippen molar-refractivity contribution in [1.29, 1.82) is 0 Å². The Morgan fingerprint density at radius 1 is 0.303 bits per heavy atom. The van der Waals surface area contributed by atoms with E-state index < -0.39 is 6.10 Å². The largest absolute Gasteiger partial charge is 0.462 e. The molecule has 0 N–H and O–H groups in total. The highest BCUT2D eigenvalue weighted by Crippen LogP contribution is 2.17. The van der Waals surface area contributed by atoms with Crippen LogP contribution in [0.5, 0.6) is 0 Å². The summed E-state index contributed by atoms with van der Waals surface area (Å²) in [5.74, 6) is -0.878. The van der Waals surface area contributed by atoms with Crippen LogP contribution in [-0.4, -0.2) is 37.2 Å². The van der Waals surface area contributed by atoms with Crippen LogP contribution in [0, 0.1) is 0 Å². The standard InChI is InChI=1S/C60H110O6/c1-4-7-10-13-16-19-22-24-26-28-30-32-33-35-38-41-44-47-50-53-59(62)65-56-57(55-64-58(61)52-49-46-43-40-37-21-18-15-12-9-6-3)66-60(63)54-51-48-45-42-39-36-34-31-29-27-25-23-20-17-14-11-8-5-2/h23,25,27,29,31,34,57H,4-22,24,26,28,30,32-33,35-56H2,1-3H3/b25-23-,29-27-,34-31-. The van der Waals surface area contributed by atoms with Crippen LogP contribution in [0.25, 0.3) is 0 Å². The van der Waals surface area contributed by atoms with E-state index >= 15 is 0 Å². The zero-order valence-electron chi connectivity index (χ0n) is 44.2. The highest BCUT2D eigenvalue weighted by Gasteiger charge is 2.19. The number of carbonyl (C=O) groups is 3. The Labute approximate surface area is 410 Å². The molecule has 0 saturated carbocycles. The van der Waals surface area contributed by atoms with E-state index in [0.29, 0.717) is 19.3 Å². The predicted molar refractivity (Wildman–Crippen MR) is 284 cm³/mol. The Bertz CT molecular complexity index is 1110. The topological polar surface area (TPSA) is 78.9 Å². The van der Waals surface area contributed by atoms with E-state index in [0.717, 1.165) is 77.0 Å². The van der Waals surface area contributed by atoms with Crippen LogP contribution in [0.4, 0.5) is 0 Å². The summed E-state index contributed by atoms with van der Waals surface area (Å²) in [6, 6.07) is 0. The number of esters is 3. The fourth-order valence-corrected chi connectivity index (χ4v) is 8.56. The average Bonchev–Trinajstić information content (AvgIpc) is 3.31. The van der Waals surface area contributed by atoms with Crippen molar-refractivity contribution in [2.75, 3.05) is 13.2 Å². The maximum atomic E-state index is 12.8. The van der Waals surface area contributed by atoms with Gasteiger partial charge < -0.3 is 14.2 Å². The van der Waals surface area contributed by atoms with Gasteiger partial charge in [-0.3, -0.25) is 14.4 Å². The number of carbonyl (C=O) groups excluding carboxylic acids is 3. The fraction of sp³-hybridized carbons (Fsp3) is 0.850. The van der Waals surface area contributed by atoms with Gasteiger partial charge >= 0.3 is 17.9 Å². The Balaban J connectivity index is 4.33. The summed E-state index contributed by atoms with van der Waals surface area (Å²) in [6.07, 6.45) is 65.6. The van der Waals surface area contributed by atoms with Crippen molar-refractivity contribution in [3.63, 3.8) is 0 Å². The summed E-state index contributed by atoms with van der Waals surface area (Å²) in [6.45, 7) is 6.64. The monoisotopic (exact) mass is 927 g/mol. The molecule has 0 aromatic heterocycles. The molecule has 0 saturated heterocycles. The zero-order valence-corrected chi connectivity index (χ0v) is 44.2. The van der Waals surface area contributed by atoms with Crippen molar-refractivity contribution >= 4 is 17.9 Å². The molecule has 0 bridgehead atoms. The van der Waals surface area contributed by atoms with Crippen LogP contribution in [0.2, 0.25) is 0 Å². The van der Waals surface area contributed by atoms with Gasteiger partial charge in [-0.05, 0) is 44.9 Å². The molecule has 6 heteroatoms. The summed E-state index contributed by atoms with van der Waals surface area (Å²) >= 11 is 0. The van der Waals surface area contributed by atoms with E-state index in [4.69, 9.17) is 14.2 Å². The smallest absolute Gasteiger partial charge is 0.306 e. The molecule has 386 valence electrons. The van der Waals surface area contributed by atoms with Gasteiger partial charge in [-0.2, -0.15) is 0 Å². The highest BCUT2D eigenvalue weighted by molar-refractivity contribution is 5.71. The van der Waals surface area contributed by atoms with Gasteiger partial charge in [0.25, 0.3) is 0 Å².